The van der Waals surface area contributed by atoms with Gasteiger partial charge in [0.15, 0.2) is 0 Å². The van der Waals surface area contributed by atoms with Gasteiger partial charge in [0, 0.05) is 11.9 Å². The third-order valence-electron chi connectivity index (χ3n) is 3.53. The molecule has 1 atom stereocenters. The Bertz CT molecular complexity index is 670. The van der Waals surface area contributed by atoms with Gasteiger partial charge in [-0.25, -0.2) is 0 Å². The molecular formula is C15H15N3O2. The molecule has 0 saturated heterocycles. The van der Waals surface area contributed by atoms with Crippen LogP contribution >= 0.6 is 0 Å². The van der Waals surface area contributed by atoms with Gasteiger partial charge in [-0.15, -0.1) is 0 Å². The monoisotopic (exact) mass is 269 g/mol. The molecule has 5 heteroatoms. The number of benzene rings is 1. The lowest BCUT2D eigenvalue weighted by Crippen LogP contribution is -2.12. The summed E-state index contributed by atoms with van der Waals surface area (Å²) in [6.07, 6.45) is 4.71. The number of amides is 1. The standard InChI is InChI=1S/C15H15N3O2/c16-13-3-1-2-12-11(13)4-5-14(12)20-10-6-9(15(17)19)7-18-8-10/h1-3,6-8,14H,4-5,16H2,(H2,17,19)/t14-/m0/s1. The summed E-state index contributed by atoms with van der Waals surface area (Å²) in [5, 5.41) is 0. The van der Waals surface area contributed by atoms with Crippen molar-refractivity contribution in [3.8, 4) is 5.75 Å². The van der Waals surface area contributed by atoms with Crippen LogP contribution in [0.5, 0.6) is 5.75 Å². The second kappa shape index (κ2) is 4.85. The average molecular weight is 269 g/mol. The third-order valence-corrected chi connectivity index (χ3v) is 3.53. The van der Waals surface area contributed by atoms with Crippen LogP contribution in [0.25, 0.3) is 0 Å². The molecule has 0 unspecified atom stereocenters. The van der Waals surface area contributed by atoms with E-state index in [4.69, 9.17) is 16.2 Å². The average Bonchev–Trinajstić information content (AvgIpc) is 2.84. The van der Waals surface area contributed by atoms with E-state index in [-0.39, 0.29) is 6.10 Å². The highest BCUT2D eigenvalue weighted by molar-refractivity contribution is 5.92. The molecule has 1 aliphatic carbocycles. The summed E-state index contributed by atoms with van der Waals surface area (Å²) in [6.45, 7) is 0. The summed E-state index contributed by atoms with van der Waals surface area (Å²) >= 11 is 0. The number of fused-ring (bicyclic) bond motifs is 1. The lowest BCUT2D eigenvalue weighted by Gasteiger charge is -2.15. The van der Waals surface area contributed by atoms with E-state index < -0.39 is 5.91 Å². The maximum atomic E-state index is 11.1. The quantitative estimate of drug-likeness (QED) is 0.831. The normalized spacial score (nSPS) is 16.7. The minimum atomic E-state index is -0.515. The first-order valence-electron chi connectivity index (χ1n) is 6.44. The van der Waals surface area contributed by atoms with E-state index in [0.29, 0.717) is 11.3 Å². The van der Waals surface area contributed by atoms with Gasteiger partial charge in [-0.05, 0) is 36.1 Å². The van der Waals surface area contributed by atoms with Crippen LogP contribution in [0.4, 0.5) is 5.69 Å². The Morgan fingerprint density at radius 2 is 2.20 bits per heavy atom. The van der Waals surface area contributed by atoms with Crippen molar-refractivity contribution in [3.05, 3.63) is 53.3 Å². The number of carbonyl (C=O) groups is 1. The Kier molecular flexibility index (Phi) is 3.02. The summed E-state index contributed by atoms with van der Waals surface area (Å²) in [5.74, 6) is 0.0283. The molecule has 1 aromatic carbocycles. The second-order valence-electron chi connectivity index (χ2n) is 4.83. The van der Waals surface area contributed by atoms with Gasteiger partial charge in [0.05, 0.1) is 11.8 Å². The molecule has 0 radical (unpaired) electrons. The van der Waals surface area contributed by atoms with E-state index in [1.165, 1.54) is 6.20 Å². The number of nitrogen functional groups attached to an aromatic ring is 1. The fourth-order valence-electron chi connectivity index (χ4n) is 2.55. The Balaban J connectivity index is 1.86. The highest BCUT2D eigenvalue weighted by Crippen LogP contribution is 2.37. The van der Waals surface area contributed by atoms with E-state index in [0.717, 1.165) is 29.7 Å². The molecule has 20 heavy (non-hydrogen) atoms. The molecule has 1 heterocycles. The predicted molar refractivity (Wildman–Crippen MR) is 75.3 cm³/mol. The van der Waals surface area contributed by atoms with Gasteiger partial charge in [-0.1, -0.05) is 12.1 Å². The number of carbonyl (C=O) groups excluding carboxylic acids is 1. The molecular weight excluding hydrogens is 254 g/mol. The maximum Gasteiger partial charge on any atom is 0.250 e. The topological polar surface area (TPSA) is 91.2 Å². The summed E-state index contributed by atoms with van der Waals surface area (Å²) in [5.41, 5.74) is 14.6. The number of nitrogens with two attached hydrogens (primary N) is 2. The molecule has 0 aliphatic heterocycles. The molecule has 0 bridgehead atoms. The largest absolute Gasteiger partial charge is 0.484 e. The number of pyridine rings is 1. The van der Waals surface area contributed by atoms with Crippen LogP contribution in [0.2, 0.25) is 0 Å². The molecule has 0 spiro atoms. The summed E-state index contributed by atoms with van der Waals surface area (Å²) in [6, 6.07) is 7.46. The highest BCUT2D eigenvalue weighted by atomic mass is 16.5. The number of anilines is 1. The summed E-state index contributed by atoms with van der Waals surface area (Å²) in [4.78, 5) is 15.1. The van der Waals surface area contributed by atoms with Gasteiger partial charge in [-0.2, -0.15) is 0 Å². The number of primary amides is 1. The first-order valence-corrected chi connectivity index (χ1v) is 6.44. The van der Waals surface area contributed by atoms with Crippen LogP contribution in [-0.2, 0) is 6.42 Å². The molecule has 1 aliphatic rings. The van der Waals surface area contributed by atoms with Crippen molar-refractivity contribution >= 4 is 11.6 Å². The van der Waals surface area contributed by atoms with Crippen molar-refractivity contribution in [2.75, 3.05) is 5.73 Å². The molecule has 0 saturated carbocycles. The van der Waals surface area contributed by atoms with Crippen LogP contribution in [0.3, 0.4) is 0 Å². The number of hydrogen-bond donors (Lipinski definition) is 2. The lowest BCUT2D eigenvalue weighted by molar-refractivity contribution is 0.0999. The van der Waals surface area contributed by atoms with Crippen LogP contribution < -0.4 is 16.2 Å². The van der Waals surface area contributed by atoms with E-state index in [1.807, 2.05) is 18.2 Å². The molecule has 0 fully saturated rings. The van der Waals surface area contributed by atoms with Gasteiger partial charge in [0.2, 0.25) is 5.91 Å². The minimum absolute atomic E-state index is 0.0570. The molecule has 5 nitrogen and oxygen atoms in total. The highest BCUT2D eigenvalue weighted by Gasteiger charge is 2.25. The van der Waals surface area contributed by atoms with Crippen LogP contribution in [0.15, 0.2) is 36.7 Å². The second-order valence-corrected chi connectivity index (χ2v) is 4.83. The van der Waals surface area contributed by atoms with Crippen molar-refractivity contribution in [1.29, 1.82) is 0 Å². The Hall–Kier alpha value is -2.56. The molecule has 1 amide bonds. The number of rotatable bonds is 3. The molecule has 102 valence electrons. The van der Waals surface area contributed by atoms with Gasteiger partial charge in [0.1, 0.15) is 11.9 Å². The van der Waals surface area contributed by atoms with Gasteiger partial charge in [0.25, 0.3) is 0 Å². The lowest BCUT2D eigenvalue weighted by atomic mass is 10.1. The predicted octanol–water partition coefficient (Wildman–Crippen LogP) is 1.83. The Labute approximate surface area is 116 Å². The zero-order valence-corrected chi connectivity index (χ0v) is 10.9. The smallest absolute Gasteiger partial charge is 0.250 e. The zero-order chi connectivity index (χ0) is 14.1. The number of aromatic nitrogens is 1. The molecule has 1 aromatic heterocycles. The Morgan fingerprint density at radius 1 is 1.35 bits per heavy atom. The van der Waals surface area contributed by atoms with E-state index in [9.17, 15) is 4.79 Å². The molecule has 3 rings (SSSR count). The van der Waals surface area contributed by atoms with Crippen molar-refractivity contribution in [1.82, 2.24) is 4.98 Å². The fraction of sp³-hybridized carbons (Fsp3) is 0.200. The SMILES string of the molecule is NC(=O)c1cncc(O[C@H]2CCc3c(N)cccc32)c1. The third kappa shape index (κ3) is 2.18. The van der Waals surface area contributed by atoms with Gasteiger partial charge < -0.3 is 16.2 Å². The number of ether oxygens (including phenoxy) is 1. The van der Waals surface area contributed by atoms with Crippen molar-refractivity contribution in [2.24, 2.45) is 5.73 Å². The first-order chi connectivity index (χ1) is 9.65. The van der Waals surface area contributed by atoms with Crippen molar-refractivity contribution < 1.29 is 9.53 Å². The van der Waals surface area contributed by atoms with E-state index in [1.54, 1.807) is 12.3 Å². The van der Waals surface area contributed by atoms with Gasteiger partial charge in [-0.3, -0.25) is 9.78 Å². The maximum absolute atomic E-state index is 11.1. The first kappa shape index (κ1) is 12.5. The number of hydrogen-bond acceptors (Lipinski definition) is 4. The van der Waals surface area contributed by atoms with Crippen molar-refractivity contribution in [2.45, 2.75) is 18.9 Å². The number of nitrogens with zero attached hydrogens (tertiary/aromatic N) is 1. The molecule has 4 N–H and O–H groups in total. The summed E-state index contributed by atoms with van der Waals surface area (Å²) in [7, 11) is 0. The van der Waals surface area contributed by atoms with E-state index in [2.05, 4.69) is 4.98 Å². The van der Waals surface area contributed by atoms with Crippen LogP contribution in [0.1, 0.15) is 34.0 Å². The minimum Gasteiger partial charge on any atom is -0.484 e. The summed E-state index contributed by atoms with van der Waals surface area (Å²) < 4.78 is 5.92. The Morgan fingerprint density at radius 3 is 3.00 bits per heavy atom. The van der Waals surface area contributed by atoms with E-state index >= 15 is 0 Å². The zero-order valence-electron chi connectivity index (χ0n) is 10.9. The fourth-order valence-corrected chi connectivity index (χ4v) is 2.55. The van der Waals surface area contributed by atoms with Gasteiger partial charge >= 0.3 is 0 Å². The van der Waals surface area contributed by atoms with Crippen LogP contribution in [0, 0.1) is 0 Å². The van der Waals surface area contributed by atoms with Crippen molar-refractivity contribution in [3.63, 3.8) is 0 Å². The van der Waals surface area contributed by atoms with Crippen LogP contribution in [-0.4, -0.2) is 10.9 Å². The molecule has 2 aromatic rings.